The second-order valence-electron chi connectivity index (χ2n) is 4.57. The lowest BCUT2D eigenvalue weighted by molar-refractivity contribution is 0.0466. The number of hydrogen-bond acceptors (Lipinski definition) is 5. The molecule has 0 atom stereocenters. The number of carbonyl (C=O) groups is 1. The monoisotopic (exact) mass is 286 g/mol. The molecule has 0 bridgehead atoms. The molecule has 0 saturated heterocycles. The smallest absolute Gasteiger partial charge is 0.338 e. The molecular formula is C16H18N2O3. The van der Waals surface area contributed by atoms with Crippen molar-refractivity contribution in [2.45, 2.75) is 20.5 Å². The first-order chi connectivity index (χ1) is 10.1. The van der Waals surface area contributed by atoms with Gasteiger partial charge in [0.15, 0.2) is 0 Å². The fourth-order valence-corrected chi connectivity index (χ4v) is 1.88. The van der Waals surface area contributed by atoms with E-state index in [4.69, 9.17) is 15.2 Å². The summed E-state index contributed by atoms with van der Waals surface area (Å²) in [7, 11) is 0. The molecule has 0 aliphatic rings. The van der Waals surface area contributed by atoms with Gasteiger partial charge >= 0.3 is 5.97 Å². The van der Waals surface area contributed by atoms with Crippen LogP contribution in [0.2, 0.25) is 0 Å². The lowest BCUT2D eigenvalue weighted by atomic mass is 10.2. The van der Waals surface area contributed by atoms with Crippen LogP contribution in [0.25, 0.3) is 0 Å². The minimum atomic E-state index is -0.451. The Hall–Kier alpha value is -2.56. The molecule has 0 unspecified atom stereocenters. The fraction of sp³-hybridized carbons (Fsp3) is 0.250. The van der Waals surface area contributed by atoms with Gasteiger partial charge in [-0.1, -0.05) is 6.07 Å². The van der Waals surface area contributed by atoms with Crippen LogP contribution in [0.15, 0.2) is 36.5 Å². The van der Waals surface area contributed by atoms with Crippen molar-refractivity contribution in [3.63, 3.8) is 0 Å². The fourth-order valence-electron chi connectivity index (χ4n) is 1.88. The first-order valence-corrected chi connectivity index (χ1v) is 6.71. The number of nitrogens with zero attached hydrogens (tertiary/aromatic N) is 1. The van der Waals surface area contributed by atoms with Crippen molar-refractivity contribution in [3.05, 3.63) is 53.3 Å². The van der Waals surface area contributed by atoms with Gasteiger partial charge in [0, 0.05) is 18.0 Å². The number of carbonyl (C=O) groups excluding carboxylic acids is 1. The molecule has 1 aromatic carbocycles. The van der Waals surface area contributed by atoms with Crippen molar-refractivity contribution in [3.8, 4) is 5.75 Å². The normalized spacial score (nSPS) is 10.2. The van der Waals surface area contributed by atoms with Gasteiger partial charge < -0.3 is 15.2 Å². The average molecular weight is 286 g/mol. The molecule has 0 amide bonds. The van der Waals surface area contributed by atoms with Crippen LogP contribution in [0.1, 0.15) is 28.5 Å². The second kappa shape index (κ2) is 6.74. The summed E-state index contributed by atoms with van der Waals surface area (Å²) in [5, 5.41) is 0. The highest BCUT2D eigenvalue weighted by Crippen LogP contribution is 2.20. The third kappa shape index (κ3) is 3.95. The molecule has 0 saturated carbocycles. The number of nitrogen functional groups attached to an aromatic ring is 1. The van der Waals surface area contributed by atoms with Gasteiger partial charge in [0.25, 0.3) is 0 Å². The van der Waals surface area contributed by atoms with Crippen LogP contribution in [-0.2, 0) is 11.3 Å². The predicted octanol–water partition coefficient (Wildman–Crippen LogP) is 2.73. The van der Waals surface area contributed by atoms with Gasteiger partial charge in [-0.2, -0.15) is 0 Å². The van der Waals surface area contributed by atoms with E-state index in [1.54, 1.807) is 24.4 Å². The lowest BCUT2D eigenvalue weighted by Gasteiger charge is -2.09. The van der Waals surface area contributed by atoms with Crippen LogP contribution >= 0.6 is 0 Å². The number of esters is 1. The number of rotatable bonds is 5. The van der Waals surface area contributed by atoms with E-state index in [0.29, 0.717) is 23.6 Å². The Morgan fingerprint density at radius 1 is 1.33 bits per heavy atom. The minimum absolute atomic E-state index is 0.129. The Morgan fingerprint density at radius 2 is 2.14 bits per heavy atom. The van der Waals surface area contributed by atoms with Crippen molar-refractivity contribution in [2.75, 3.05) is 12.3 Å². The van der Waals surface area contributed by atoms with Crippen LogP contribution in [0, 0.1) is 6.92 Å². The van der Waals surface area contributed by atoms with Crippen molar-refractivity contribution in [1.29, 1.82) is 0 Å². The van der Waals surface area contributed by atoms with E-state index in [1.807, 2.05) is 26.0 Å². The summed E-state index contributed by atoms with van der Waals surface area (Å²) in [5.74, 6) is 0.103. The molecule has 1 aromatic heterocycles. The van der Waals surface area contributed by atoms with Gasteiger partial charge in [0.1, 0.15) is 12.4 Å². The van der Waals surface area contributed by atoms with Crippen LogP contribution in [0.4, 0.5) is 5.69 Å². The van der Waals surface area contributed by atoms with E-state index in [0.717, 1.165) is 11.3 Å². The van der Waals surface area contributed by atoms with E-state index in [-0.39, 0.29) is 6.61 Å². The predicted molar refractivity (Wildman–Crippen MR) is 80.1 cm³/mol. The third-order valence-electron chi connectivity index (χ3n) is 2.93. The molecular weight excluding hydrogens is 268 g/mol. The van der Waals surface area contributed by atoms with Crippen LogP contribution in [-0.4, -0.2) is 17.6 Å². The summed E-state index contributed by atoms with van der Waals surface area (Å²) in [5.41, 5.74) is 8.30. The zero-order valence-electron chi connectivity index (χ0n) is 12.1. The van der Waals surface area contributed by atoms with Crippen LogP contribution in [0.3, 0.4) is 0 Å². The summed E-state index contributed by atoms with van der Waals surface area (Å²) in [4.78, 5) is 16.3. The van der Waals surface area contributed by atoms with Crippen LogP contribution < -0.4 is 10.5 Å². The lowest BCUT2D eigenvalue weighted by Crippen LogP contribution is -2.08. The van der Waals surface area contributed by atoms with Crippen molar-refractivity contribution in [1.82, 2.24) is 4.98 Å². The number of aryl methyl sites for hydroxylation is 1. The largest absolute Gasteiger partial charge is 0.494 e. The molecule has 0 spiro atoms. The number of benzene rings is 1. The topological polar surface area (TPSA) is 74.4 Å². The summed E-state index contributed by atoms with van der Waals surface area (Å²) < 4.78 is 10.6. The molecule has 1 heterocycles. The zero-order chi connectivity index (χ0) is 15.2. The van der Waals surface area contributed by atoms with Crippen molar-refractivity contribution < 1.29 is 14.3 Å². The number of hydrogen-bond donors (Lipinski definition) is 1. The van der Waals surface area contributed by atoms with E-state index in [2.05, 4.69) is 4.98 Å². The standard InChI is InChI=1S/C16H18N2O3/c1-3-20-14-8-12(7-13(17)9-14)16(19)21-10-15-11(2)5-4-6-18-15/h4-9H,3,10,17H2,1-2H3. The number of ether oxygens (including phenoxy) is 2. The molecule has 2 aromatic rings. The Bertz CT molecular complexity index is 641. The molecule has 110 valence electrons. The molecule has 5 heteroatoms. The van der Waals surface area contributed by atoms with Crippen molar-refractivity contribution in [2.24, 2.45) is 0 Å². The molecule has 21 heavy (non-hydrogen) atoms. The summed E-state index contributed by atoms with van der Waals surface area (Å²) >= 11 is 0. The molecule has 0 aliphatic carbocycles. The Kier molecular flexibility index (Phi) is 4.77. The van der Waals surface area contributed by atoms with Gasteiger partial charge in [0.05, 0.1) is 17.9 Å². The average Bonchev–Trinajstić information content (AvgIpc) is 2.46. The maximum absolute atomic E-state index is 12.1. The van der Waals surface area contributed by atoms with Crippen molar-refractivity contribution >= 4 is 11.7 Å². The molecule has 2 N–H and O–H groups in total. The zero-order valence-corrected chi connectivity index (χ0v) is 12.1. The summed E-state index contributed by atoms with van der Waals surface area (Å²) in [6.07, 6.45) is 1.67. The van der Waals surface area contributed by atoms with E-state index in [9.17, 15) is 4.79 Å². The summed E-state index contributed by atoms with van der Waals surface area (Å²) in [6.45, 7) is 4.42. The molecule has 0 fully saturated rings. The Balaban J connectivity index is 2.08. The first kappa shape index (κ1) is 14.8. The quantitative estimate of drug-likeness (QED) is 0.675. The summed E-state index contributed by atoms with van der Waals surface area (Å²) in [6, 6.07) is 8.61. The third-order valence-corrected chi connectivity index (χ3v) is 2.93. The number of nitrogens with two attached hydrogens (primary N) is 1. The van der Waals surface area contributed by atoms with Gasteiger partial charge in [-0.25, -0.2) is 4.79 Å². The van der Waals surface area contributed by atoms with Gasteiger partial charge in [-0.15, -0.1) is 0 Å². The molecule has 0 radical (unpaired) electrons. The van der Waals surface area contributed by atoms with E-state index >= 15 is 0 Å². The van der Waals surface area contributed by atoms with Crippen LogP contribution in [0.5, 0.6) is 5.75 Å². The highest BCUT2D eigenvalue weighted by atomic mass is 16.5. The Labute approximate surface area is 123 Å². The number of anilines is 1. The van der Waals surface area contributed by atoms with Gasteiger partial charge in [-0.05, 0) is 37.6 Å². The highest BCUT2D eigenvalue weighted by Gasteiger charge is 2.11. The number of pyridine rings is 1. The first-order valence-electron chi connectivity index (χ1n) is 6.71. The maximum Gasteiger partial charge on any atom is 0.338 e. The molecule has 0 aliphatic heterocycles. The van der Waals surface area contributed by atoms with E-state index in [1.165, 1.54) is 0 Å². The second-order valence-corrected chi connectivity index (χ2v) is 4.57. The van der Waals surface area contributed by atoms with E-state index < -0.39 is 5.97 Å². The van der Waals surface area contributed by atoms with Gasteiger partial charge in [-0.3, -0.25) is 4.98 Å². The SMILES string of the molecule is CCOc1cc(N)cc(C(=O)OCc2ncccc2C)c1. The molecule has 5 nitrogen and oxygen atoms in total. The molecule has 2 rings (SSSR count). The maximum atomic E-state index is 12.1. The van der Waals surface area contributed by atoms with Gasteiger partial charge in [0.2, 0.25) is 0 Å². The Morgan fingerprint density at radius 3 is 2.86 bits per heavy atom. The minimum Gasteiger partial charge on any atom is -0.494 e. The highest BCUT2D eigenvalue weighted by molar-refractivity contribution is 5.91. The number of aromatic nitrogens is 1.